The first kappa shape index (κ1) is 11.3. The molecular weight excluding hydrogens is 244 g/mol. The molecule has 0 amide bonds. The third-order valence-electron chi connectivity index (χ3n) is 2.74. The zero-order valence-corrected chi connectivity index (χ0v) is 10.2. The lowest BCUT2D eigenvalue weighted by Crippen LogP contribution is -2.00. The molecule has 0 unspecified atom stereocenters. The standard InChI is InChI=1S/C12H12N6O/c1-19-10-5-2-7(6-15-10)11-12(14)16-9-4-3-8(13)17-18(9)11/h2-6H,14H2,1H3,(H2,13,17). The van der Waals surface area contributed by atoms with E-state index in [0.717, 1.165) is 5.56 Å². The normalized spacial score (nSPS) is 10.8. The van der Waals surface area contributed by atoms with Gasteiger partial charge in [-0.05, 0) is 18.2 Å². The SMILES string of the molecule is COc1ccc(-c2c(N)nc3ccc(N)nn23)cn1. The van der Waals surface area contributed by atoms with Gasteiger partial charge in [0.15, 0.2) is 11.5 Å². The Hall–Kier alpha value is -2.83. The van der Waals surface area contributed by atoms with Gasteiger partial charge in [-0.2, -0.15) is 0 Å². The van der Waals surface area contributed by atoms with Crippen molar-refractivity contribution < 1.29 is 4.74 Å². The van der Waals surface area contributed by atoms with E-state index in [1.165, 1.54) is 0 Å². The summed E-state index contributed by atoms with van der Waals surface area (Å²) in [4.78, 5) is 8.38. The van der Waals surface area contributed by atoms with Crippen molar-refractivity contribution in [1.82, 2.24) is 19.6 Å². The lowest BCUT2D eigenvalue weighted by atomic mass is 10.2. The zero-order chi connectivity index (χ0) is 13.4. The smallest absolute Gasteiger partial charge is 0.212 e. The van der Waals surface area contributed by atoms with E-state index in [2.05, 4.69) is 15.1 Å². The van der Waals surface area contributed by atoms with Crippen LogP contribution < -0.4 is 16.2 Å². The van der Waals surface area contributed by atoms with Crippen molar-refractivity contribution in [3.63, 3.8) is 0 Å². The Morgan fingerprint density at radius 3 is 2.68 bits per heavy atom. The number of fused-ring (bicyclic) bond motifs is 1. The van der Waals surface area contributed by atoms with Crippen molar-refractivity contribution in [3.8, 4) is 17.1 Å². The zero-order valence-electron chi connectivity index (χ0n) is 10.2. The molecule has 0 radical (unpaired) electrons. The van der Waals surface area contributed by atoms with Gasteiger partial charge in [0.1, 0.15) is 11.5 Å². The van der Waals surface area contributed by atoms with Crippen molar-refractivity contribution in [1.29, 1.82) is 0 Å². The number of anilines is 2. The van der Waals surface area contributed by atoms with Gasteiger partial charge in [-0.25, -0.2) is 14.5 Å². The molecule has 0 fully saturated rings. The van der Waals surface area contributed by atoms with Crippen LogP contribution in [0.25, 0.3) is 16.9 Å². The minimum Gasteiger partial charge on any atom is -0.481 e. The van der Waals surface area contributed by atoms with Gasteiger partial charge in [0, 0.05) is 17.8 Å². The molecule has 3 rings (SSSR count). The molecule has 0 bridgehead atoms. The monoisotopic (exact) mass is 256 g/mol. The van der Waals surface area contributed by atoms with E-state index in [1.807, 2.05) is 6.07 Å². The molecule has 0 saturated heterocycles. The molecule has 7 nitrogen and oxygen atoms in total. The quantitative estimate of drug-likeness (QED) is 0.707. The first-order valence-electron chi connectivity index (χ1n) is 5.60. The van der Waals surface area contributed by atoms with Gasteiger partial charge in [0.2, 0.25) is 5.88 Å². The minimum atomic E-state index is 0.380. The van der Waals surface area contributed by atoms with Crippen LogP contribution in [0.4, 0.5) is 11.6 Å². The Morgan fingerprint density at radius 1 is 1.16 bits per heavy atom. The maximum absolute atomic E-state index is 5.93. The molecular formula is C12H12N6O. The number of methoxy groups -OCH3 is 1. The first-order valence-corrected chi connectivity index (χ1v) is 5.60. The highest BCUT2D eigenvalue weighted by Crippen LogP contribution is 2.26. The summed E-state index contributed by atoms with van der Waals surface area (Å²) in [6.45, 7) is 0. The highest BCUT2D eigenvalue weighted by atomic mass is 16.5. The van der Waals surface area contributed by atoms with E-state index in [9.17, 15) is 0 Å². The van der Waals surface area contributed by atoms with Gasteiger partial charge >= 0.3 is 0 Å². The summed E-state index contributed by atoms with van der Waals surface area (Å²) in [6.07, 6.45) is 1.66. The second-order valence-corrected chi connectivity index (χ2v) is 3.96. The number of nitrogens with two attached hydrogens (primary N) is 2. The molecule has 3 aromatic heterocycles. The van der Waals surface area contributed by atoms with Crippen molar-refractivity contribution in [3.05, 3.63) is 30.5 Å². The Morgan fingerprint density at radius 2 is 2.00 bits per heavy atom. The van der Waals surface area contributed by atoms with Crippen LogP contribution in [0, 0.1) is 0 Å². The molecule has 7 heteroatoms. The van der Waals surface area contributed by atoms with Crippen LogP contribution in [0.3, 0.4) is 0 Å². The summed E-state index contributed by atoms with van der Waals surface area (Å²) < 4.78 is 6.63. The lowest BCUT2D eigenvalue weighted by Gasteiger charge is -2.03. The van der Waals surface area contributed by atoms with E-state index >= 15 is 0 Å². The predicted octanol–water partition coefficient (Wildman–Crippen LogP) is 0.964. The van der Waals surface area contributed by atoms with Crippen molar-refractivity contribution in [2.45, 2.75) is 0 Å². The Labute approximate surface area is 108 Å². The largest absolute Gasteiger partial charge is 0.481 e. The lowest BCUT2D eigenvalue weighted by molar-refractivity contribution is 0.398. The van der Waals surface area contributed by atoms with Crippen LogP contribution >= 0.6 is 0 Å². The van der Waals surface area contributed by atoms with E-state index < -0.39 is 0 Å². The molecule has 4 N–H and O–H groups in total. The number of rotatable bonds is 2. The van der Waals surface area contributed by atoms with Gasteiger partial charge in [0.25, 0.3) is 0 Å². The number of imidazole rings is 1. The highest BCUT2D eigenvalue weighted by Gasteiger charge is 2.13. The van der Waals surface area contributed by atoms with E-state index in [0.29, 0.717) is 28.9 Å². The van der Waals surface area contributed by atoms with E-state index in [-0.39, 0.29) is 0 Å². The third kappa shape index (κ3) is 1.81. The van der Waals surface area contributed by atoms with Crippen LogP contribution in [-0.2, 0) is 0 Å². The summed E-state index contributed by atoms with van der Waals surface area (Å²) in [5, 5.41) is 4.21. The van der Waals surface area contributed by atoms with Gasteiger partial charge < -0.3 is 16.2 Å². The number of nitrogens with zero attached hydrogens (tertiary/aromatic N) is 4. The minimum absolute atomic E-state index is 0.380. The van der Waals surface area contributed by atoms with Crippen LogP contribution in [0.2, 0.25) is 0 Å². The molecule has 19 heavy (non-hydrogen) atoms. The molecule has 96 valence electrons. The van der Waals surface area contributed by atoms with Crippen molar-refractivity contribution in [2.75, 3.05) is 18.6 Å². The van der Waals surface area contributed by atoms with Crippen LogP contribution in [0.15, 0.2) is 30.5 Å². The molecule has 0 atom stereocenters. The number of hydrogen-bond donors (Lipinski definition) is 2. The molecule has 0 spiro atoms. The Kier molecular flexibility index (Phi) is 2.45. The second-order valence-electron chi connectivity index (χ2n) is 3.96. The number of aromatic nitrogens is 4. The number of nitrogen functional groups attached to an aromatic ring is 2. The molecule has 0 aliphatic carbocycles. The second kappa shape index (κ2) is 4.13. The fourth-order valence-corrected chi connectivity index (χ4v) is 1.88. The maximum Gasteiger partial charge on any atom is 0.212 e. The van der Waals surface area contributed by atoms with Crippen molar-refractivity contribution in [2.24, 2.45) is 0 Å². The third-order valence-corrected chi connectivity index (χ3v) is 2.74. The van der Waals surface area contributed by atoms with E-state index in [4.69, 9.17) is 16.2 Å². The highest BCUT2D eigenvalue weighted by molar-refractivity contribution is 5.74. The average molecular weight is 256 g/mol. The van der Waals surface area contributed by atoms with Gasteiger partial charge in [0.05, 0.1) is 7.11 Å². The maximum atomic E-state index is 5.93. The van der Waals surface area contributed by atoms with Crippen LogP contribution in [-0.4, -0.2) is 26.7 Å². The fraction of sp³-hybridized carbons (Fsp3) is 0.0833. The summed E-state index contributed by atoms with van der Waals surface area (Å²) in [5.41, 5.74) is 13.7. The fourth-order valence-electron chi connectivity index (χ4n) is 1.88. The summed E-state index contributed by atoms with van der Waals surface area (Å²) in [7, 11) is 1.56. The van der Waals surface area contributed by atoms with E-state index in [1.54, 1.807) is 36.0 Å². The summed E-state index contributed by atoms with van der Waals surface area (Å²) >= 11 is 0. The average Bonchev–Trinajstić information content (AvgIpc) is 2.74. The molecule has 3 aromatic rings. The topological polar surface area (TPSA) is 104 Å². The van der Waals surface area contributed by atoms with Gasteiger partial charge in [-0.3, -0.25) is 0 Å². The molecule has 0 aliphatic rings. The predicted molar refractivity (Wildman–Crippen MR) is 71.6 cm³/mol. The number of ether oxygens (including phenoxy) is 1. The van der Waals surface area contributed by atoms with Crippen molar-refractivity contribution >= 4 is 17.3 Å². The molecule has 0 aliphatic heterocycles. The van der Waals surface area contributed by atoms with Gasteiger partial charge in [-0.1, -0.05) is 0 Å². The summed E-state index contributed by atoms with van der Waals surface area (Å²) in [6, 6.07) is 7.04. The molecule has 0 aromatic carbocycles. The number of hydrogen-bond acceptors (Lipinski definition) is 6. The van der Waals surface area contributed by atoms with Crippen LogP contribution in [0.5, 0.6) is 5.88 Å². The molecule has 3 heterocycles. The first-order chi connectivity index (χ1) is 9.19. The van der Waals surface area contributed by atoms with Gasteiger partial charge in [-0.15, -0.1) is 5.10 Å². The Bertz CT molecular complexity index is 734. The number of pyridine rings is 1. The Balaban J connectivity index is 2.22. The summed E-state index contributed by atoms with van der Waals surface area (Å²) in [5.74, 6) is 1.31. The van der Waals surface area contributed by atoms with Crippen LogP contribution in [0.1, 0.15) is 0 Å². The molecule has 0 saturated carbocycles.